The lowest BCUT2D eigenvalue weighted by atomic mass is 10.1. The lowest BCUT2D eigenvalue weighted by Crippen LogP contribution is -2.48. The smallest absolute Gasteiger partial charge is 0.263 e. The lowest BCUT2D eigenvalue weighted by molar-refractivity contribution is -0.126. The van der Waals surface area contributed by atoms with Crippen molar-refractivity contribution in [2.45, 2.75) is 0 Å². The molecule has 3 amide bonds. The Labute approximate surface area is 191 Å². The molecule has 0 unspecified atom stereocenters. The summed E-state index contributed by atoms with van der Waals surface area (Å²) in [6.07, 6.45) is 3.26. The van der Waals surface area contributed by atoms with Crippen LogP contribution < -0.4 is 4.90 Å². The molecular weight excluding hydrogens is 430 g/mol. The van der Waals surface area contributed by atoms with Crippen molar-refractivity contribution in [2.24, 2.45) is 0 Å². The van der Waals surface area contributed by atoms with Gasteiger partial charge in [0.2, 0.25) is 5.91 Å². The molecule has 32 heavy (non-hydrogen) atoms. The maximum Gasteiger partial charge on any atom is 0.263 e. The highest BCUT2D eigenvalue weighted by molar-refractivity contribution is 6.32. The zero-order chi connectivity index (χ0) is 22.7. The van der Waals surface area contributed by atoms with E-state index in [0.29, 0.717) is 48.9 Å². The Hall–Kier alpha value is -3.16. The SMILES string of the molecule is COCCN1C(=O)c2cccc(N3CCN(C(=O)/C=C/c4ccccc4Cl)CC3)c2C1=O. The van der Waals surface area contributed by atoms with Crippen molar-refractivity contribution < 1.29 is 19.1 Å². The molecule has 2 aromatic carbocycles. The number of amides is 3. The first-order valence-electron chi connectivity index (χ1n) is 10.5. The van der Waals surface area contributed by atoms with Gasteiger partial charge in [-0.2, -0.15) is 0 Å². The van der Waals surface area contributed by atoms with Crippen LogP contribution in [0.3, 0.4) is 0 Å². The van der Waals surface area contributed by atoms with Crippen LogP contribution in [0, 0.1) is 0 Å². The molecular formula is C24H24ClN3O4. The molecule has 2 heterocycles. The van der Waals surface area contributed by atoms with E-state index in [0.717, 1.165) is 11.3 Å². The molecule has 2 aliphatic heterocycles. The summed E-state index contributed by atoms with van der Waals surface area (Å²) < 4.78 is 5.03. The summed E-state index contributed by atoms with van der Waals surface area (Å²) in [6, 6.07) is 12.7. The third kappa shape index (κ3) is 4.26. The van der Waals surface area contributed by atoms with E-state index >= 15 is 0 Å². The number of nitrogens with zero attached hydrogens (tertiary/aromatic N) is 3. The Morgan fingerprint density at radius 1 is 1.03 bits per heavy atom. The third-order valence-corrected chi connectivity index (χ3v) is 6.08. The molecule has 166 valence electrons. The molecule has 2 aromatic rings. The number of ether oxygens (including phenoxy) is 1. The number of carbonyl (C=O) groups excluding carboxylic acids is 3. The monoisotopic (exact) mass is 453 g/mol. The van der Waals surface area contributed by atoms with Crippen LogP contribution in [0.25, 0.3) is 6.08 Å². The highest BCUT2D eigenvalue weighted by atomic mass is 35.5. The van der Waals surface area contributed by atoms with E-state index in [1.807, 2.05) is 24.3 Å². The second-order valence-electron chi connectivity index (χ2n) is 7.62. The first kappa shape index (κ1) is 22.0. The van der Waals surface area contributed by atoms with E-state index in [9.17, 15) is 14.4 Å². The van der Waals surface area contributed by atoms with Gasteiger partial charge in [-0.15, -0.1) is 0 Å². The quantitative estimate of drug-likeness (QED) is 0.497. The molecule has 0 aliphatic carbocycles. The summed E-state index contributed by atoms with van der Waals surface area (Å²) in [5.74, 6) is -0.666. The predicted octanol–water partition coefficient (Wildman–Crippen LogP) is 2.94. The standard InChI is InChI=1S/C24H24ClN3O4/c1-32-16-15-28-23(30)18-6-4-8-20(22(18)24(28)31)26-11-13-27(14-12-26)21(29)10-9-17-5-2-3-7-19(17)25/h2-10H,11-16H2,1H3/b10-9+. The van der Waals surface area contributed by atoms with E-state index < -0.39 is 0 Å². The van der Waals surface area contributed by atoms with E-state index in [1.54, 1.807) is 29.2 Å². The van der Waals surface area contributed by atoms with Gasteiger partial charge < -0.3 is 14.5 Å². The summed E-state index contributed by atoms with van der Waals surface area (Å²) in [4.78, 5) is 43.3. The number of piperazine rings is 1. The molecule has 1 saturated heterocycles. The highest BCUT2D eigenvalue weighted by Crippen LogP contribution is 2.32. The van der Waals surface area contributed by atoms with Crippen molar-refractivity contribution in [3.63, 3.8) is 0 Å². The minimum atomic E-state index is -0.293. The van der Waals surface area contributed by atoms with Crippen molar-refractivity contribution in [1.82, 2.24) is 9.80 Å². The average Bonchev–Trinajstić information content (AvgIpc) is 3.06. The Morgan fingerprint density at radius 2 is 1.78 bits per heavy atom. The second kappa shape index (κ2) is 9.54. The van der Waals surface area contributed by atoms with E-state index in [1.165, 1.54) is 18.1 Å². The number of carbonyl (C=O) groups is 3. The number of anilines is 1. The number of benzene rings is 2. The van der Waals surface area contributed by atoms with Crippen LogP contribution in [0.4, 0.5) is 5.69 Å². The van der Waals surface area contributed by atoms with Crippen molar-refractivity contribution in [2.75, 3.05) is 51.3 Å². The molecule has 8 heteroatoms. The minimum Gasteiger partial charge on any atom is -0.383 e. The van der Waals surface area contributed by atoms with Crippen molar-refractivity contribution in [3.8, 4) is 0 Å². The number of rotatable bonds is 6. The lowest BCUT2D eigenvalue weighted by Gasteiger charge is -2.36. The maximum absolute atomic E-state index is 12.9. The van der Waals surface area contributed by atoms with Crippen LogP contribution in [0.5, 0.6) is 0 Å². The number of fused-ring (bicyclic) bond motifs is 1. The van der Waals surface area contributed by atoms with Gasteiger partial charge in [-0.25, -0.2) is 0 Å². The van der Waals surface area contributed by atoms with Crippen LogP contribution in [-0.2, 0) is 9.53 Å². The van der Waals surface area contributed by atoms with E-state index in [4.69, 9.17) is 16.3 Å². The molecule has 0 radical (unpaired) electrons. The van der Waals surface area contributed by atoms with Crippen LogP contribution in [0.1, 0.15) is 26.3 Å². The number of hydrogen-bond donors (Lipinski definition) is 0. The Kier molecular flexibility index (Phi) is 6.58. The molecule has 1 fully saturated rings. The van der Waals surface area contributed by atoms with Gasteiger partial charge in [0, 0.05) is 44.4 Å². The average molecular weight is 454 g/mol. The molecule has 7 nitrogen and oxygen atoms in total. The summed E-state index contributed by atoms with van der Waals surface area (Å²) in [5, 5.41) is 0.595. The zero-order valence-electron chi connectivity index (χ0n) is 17.8. The van der Waals surface area contributed by atoms with Gasteiger partial charge in [0.15, 0.2) is 0 Å². The number of halogens is 1. The van der Waals surface area contributed by atoms with Gasteiger partial charge in [0.1, 0.15) is 0 Å². The topological polar surface area (TPSA) is 70.2 Å². The van der Waals surface area contributed by atoms with Gasteiger partial charge in [-0.3, -0.25) is 19.3 Å². The fourth-order valence-electron chi connectivity index (χ4n) is 4.01. The van der Waals surface area contributed by atoms with Crippen molar-refractivity contribution in [1.29, 1.82) is 0 Å². The van der Waals surface area contributed by atoms with Crippen molar-refractivity contribution >= 4 is 41.1 Å². The molecule has 4 rings (SSSR count). The second-order valence-corrected chi connectivity index (χ2v) is 8.03. The molecule has 0 spiro atoms. The third-order valence-electron chi connectivity index (χ3n) is 5.74. The normalized spacial score (nSPS) is 16.2. The van der Waals surface area contributed by atoms with E-state index in [-0.39, 0.29) is 24.3 Å². The fourth-order valence-corrected chi connectivity index (χ4v) is 4.21. The molecule has 2 aliphatic rings. The minimum absolute atomic E-state index is 0.0835. The Morgan fingerprint density at radius 3 is 2.50 bits per heavy atom. The maximum atomic E-state index is 12.9. The summed E-state index contributed by atoms with van der Waals surface area (Å²) in [7, 11) is 1.54. The van der Waals surface area contributed by atoms with Crippen LogP contribution in [0.2, 0.25) is 5.02 Å². The summed E-state index contributed by atoms with van der Waals surface area (Å²) >= 11 is 6.14. The molecule has 0 N–H and O–H groups in total. The fraction of sp³-hybridized carbons (Fsp3) is 0.292. The van der Waals surface area contributed by atoms with Gasteiger partial charge in [-0.05, 0) is 29.8 Å². The van der Waals surface area contributed by atoms with Crippen molar-refractivity contribution in [3.05, 3.63) is 70.3 Å². The van der Waals surface area contributed by atoms with Gasteiger partial charge in [0.25, 0.3) is 11.8 Å². The summed E-state index contributed by atoms with van der Waals surface area (Å²) in [6.45, 7) is 2.70. The Balaban J connectivity index is 1.44. The predicted molar refractivity (Wildman–Crippen MR) is 123 cm³/mol. The molecule has 0 aromatic heterocycles. The van der Waals surface area contributed by atoms with Gasteiger partial charge in [-0.1, -0.05) is 35.9 Å². The van der Waals surface area contributed by atoms with E-state index in [2.05, 4.69) is 4.90 Å². The van der Waals surface area contributed by atoms with Crippen LogP contribution >= 0.6 is 11.6 Å². The van der Waals surface area contributed by atoms with Crippen LogP contribution in [-0.4, -0.2) is 74.0 Å². The highest BCUT2D eigenvalue weighted by Gasteiger charge is 2.38. The zero-order valence-corrected chi connectivity index (χ0v) is 18.5. The number of hydrogen-bond acceptors (Lipinski definition) is 5. The first-order chi connectivity index (χ1) is 15.5. The Bertz CT molecular complexity index is 1080. The van der Waals surface area contributed by atoms with Gasteiger partial charge in [0.05, 0.1) is 30.0 Å². The molecule has 0 atom stereocenters. The molecule has 0 bridgehead atoms. The first-order valence-corrected chi connectivity index (χ1v) is 10.8. The molecule has 0 saturated carbocycles. The summed E-state index contributed by atoms with van der Waals surface area (Å²) in [5.41, 5.74) is 2.39. The van der Waals surface area contributed by atoms with Gasteiger partial charge >= 0.3 is 0 Å². The number of methoxy groups -OCH3 is 1. The largest absolute Gasteiger partial charge is 0.383 e. The van der Waals surface area contributed by atoms with Crippen LogP contribution in [0.15, 0.2) is 48.5 Å². The number of imide groups is 1.